The number of hydrogen-bond acceptors (Lipinski definition) is 11. The molecular formula is C50H93O12P. The maximum atomic E-state index is 12.8. The zero-order chi connectivity index (χ0) is 46.2. The lowest BCUT2D eigenvalue weighted by atomic mass is 9.85. The van der Waals surface area contributed by atoms with E-state index >= 15 is 0 Å². The molecule has 13 heteroatoms. The molecule has 1 fully saturated rings. The standard InChI is InChI=1S/C50H93O12P/c1-3-5-7-9-11-13-15-17-19-20-21-22-23-24-25-26-27-29-31-33-35-37-39-44(51)61-43(41-59-40-38-36-34-32-30-28-18-16-14-12-10-8-6-4-2)42-60-63(57,58)62-50-48(55)46(53)45(52)47(54)49(50)56/h6,8,12,14,18,28,43,45-50,52-56H,3-5,7,9-11,13,15-17,19-27,29-42H2,1-2H3,(H,57,58)/b8-6-,14-12-,28-18-. The third-order valence-electron chi connectivity index (χ3n) is 11.8. The van der Waals surface area contributed by atoms with Crippen molar-refractivity contribution in [3.63, 3.8) is 0 Å². The van der Waals surface area contributed by atoms with Gasteiger partial charge in [-0.05, 0) is 44.9 Å². The molecule has 6 atom stereocenters. The van der Waals surface area contributed by atoms with Crippen LogP contribution in [-0.2, 0) is 27.9 Å². The van der Waals surface area contributed by atoms with Crippen LogP contribution in [0.5, 0.6) is 0 Å². The molecule has 0 aromatic carbocycles. The van der Waals surface area contributed by atoms with E-state index in [0.717, 1.165) is 70.6 Å². The molecule has 0 bridgehead atoms. The van der Waals surface area contributed by atoms with Gasteiger partial charge >= 0.3 is 13.8 Å². The van der Waals surface area contributed by atoms with E-state index in [1.54, 1.807) is 0 Å². The first-order valence-electron chi connectivity index (χ1n) is 25.3. The van der Waals surface area contributed by atoms with Crippen LogP contribution in [0.2, 0.25) is 0 Å². The number of hydrogen-bond donors (Lipinski definition) is 6. The minimum atomic E-state index is -5.02. The summed E-state index contributed by atoms with van der Waals surface area (Å²) in [7, 11) is -5.02. The van der Waals surface area contributed by atoms with Crippen molar-refractivity contribution in [3.8, 4) is 0 Å². The van der Waals surface area contributed by atoms with Crippen molar-refractivity contribution < 1.29 is 58.3 Å². The first-order chi connectivity index (χ1) is 30.5. The molecule has 1 aliphatic rings. The second-order valence-corrected chi connectivity index (χ2v) is 19.1. The summed E-state index contributed by atoms with van der Waals surface area (Å²) in [6, 6.07) is 0. The summed E-state index contributed by atoms with van der Waals surface area (Å²) < 4.78 is 34.2. The Kier molecular flexibility index (Phi) is 38.6. The van der Waals surface area contributed by atoms with Crippen molar-refractivity contribution in [1.29, 1.82) is 0 Å². The number of allylic oxidation sites excluding steroid dienone is 6. The van der Waals surface area contributed by atoms with Crippen molar-refractivity contribution in [1.82, 2.24) is 0 Å². The van der Waals surface area contributed by atoms with Gasteiger partial charge in [-0.1, -0.05) is 198 Å². The fourth-order valence-corrected chi connectivity index (χ4v) is 8.76. The van der Waals surface area contributed by atoms with Gasteiger partial charge in [-0.2, -0.15) is 0 Å². The Morgan fingerprint density at radius 1 is 0.524 bits per heavy atom. The maximum absolute atomic E-state index is 12.8. The minimum Gasteiger partial charge on any atom is -0.457 e. The van der Waals surface area contributed by atoms with Crippen LogP contribution >= 0.6 is 7.82 Å². The summed E-state index contributed by atoms with van der Waals surface area (Å²) in [4.78, 5) is 23.2. The number of carbonyl (C=O) groups is 1. The lowest BCUT2D eigenvalue weighted by Gasteiger charge is -2.41. The highest BCUT2D eigenvalue weighted by Gasteiger charge is 2.51. The van der Waals surface area contributed by atoms with E-state index in [0.29, 0.717) is 13.0 Å². The lowest BCUT2D eigenvalue weighted by molar-refractivity contribution is -0.220. The fourth-order valence-electron chi connectivity index (χ4n) is 7.78. The summed E-state index contributed by atoms with van der Waals surface area (Å²) >= 11 is 0. The molecule has 0 aromatic rings. The quantitative estimate of drug-likeness (QED) is 0.0147. The van der Waals surface area contributed by atoms with Gasteiger partial charge in [0, 0.05) is 13.0 Å². The maximum Gasteiger partial charge on any atom is 0.472 e. The molecule has 0 aliphatic heterocycles. The van der Waals surface area contributed by atoms with Gasteiger partial charge in [0.25, 0.3) is 0 Å². The fraction of sp³-hybridized carbons (Fsp3) is 0.860. The van der Waals surface area contributed by atoms with Crippen LogP contribution in [0.25, 0.3) is 0 Å². The number of carbonyl (C=O) groups excluding carboxylic acids is 1. The Hall–Kier alpha value is -1.44. The third kappa shape index (κ3) is 32.8. The van der Waals surface area contributed by atoms with E-state index in [2.05, 4.69) is 50.3 Å². The summed E-state index contributed by atoms with van der Waals surface area (Å²) in [6.07, 6.45) is 36.5. The van der Waals surface area contributed by atoms with E-state index in [4.69, 9.17) is 18.5 Å². The summed E-state index contributed by atoms with van der Waals surface area (Å²) in [5.74, 6) is -0.482. The predicted molar refractivity (Wildman–Crippen MR) is 253 cm³/mol. The van der Waals surface area contributed by atoms with E-state index in [-0.39, 0.29) is 13.0 Å². The number of phosphoric ester groups is 1. The molecule has 0 aromatic heterocycles. The molecule has 0 heterocycles. The monoisotopic (exact) mass is 917 g/mol. The van der Waals surface area contributed by atoms with Gasteiger partial charge in [0.2, 0.25) is 0 Å². The van der Waals surface area contributed by atoms with Crippen molar-refractivity contribution in [2.75, 3.05) is 19.8 Å². The van der Waals surface area contributed by atoms with Crippen molar-refractivity contribution in [2.24, 2.45) is 0 Å². The highest BCUT2D eigenvalue weighted by molar-refractivity contribution is 7.47. The highest BCUT2D eigenvalue weighted by Crippen LogP contribution is 2.47. The lowest BCUT2D eigenvalue weighted by Crippen LogP contribution is -2.64. The van der Waals surface area contributed by atoms with Gasteiger partial charge in [0.1, 0.15) is 42.7 Å². The SMILES string of the molecule is CC/C=C\C/C=C\C/C=C\CCCCCCOCC(COP(=O)(O)OC1C(O)C(O)C(O)C(O)C1O)OC(=O)CCCCCCCCCCCCCCCCCCCCCCCC. The molecular weight excluding hydrogens is 824 g/mol. The Balaban J connectivity index is 2.32. The van der Waals surface area contributed by atoms with Gasteiger partial charge in [-0.25, -0.2) is 4.57 Å². The molecule has 1 aliphatic carbocycles. The normalized spacial score (nSPS) is 22.1. The van der Waals surface area contributed by atoms with E-state index in [1.807, 2.05) is 0 Å². The molecule has 63 heavy (non-hydrogen) atoms. The first-order valence-corrected chi connectivity index (χ1v) is 26.8. The Morgan fingerprint density at radius 3 is 1.43 bits per heavy atom. The zero-order valence-electron chi connectivity index (χ0n) is 39.6. The molecule has 6 N–H and O–H groups in total. The average Bonchev–Trinajstić information content (AvgIpc) is 3.27. The summed E-state index contributed by atoms with van der Waals surface area (Å²) in [6.45, 7) is 4.12. The van der Waals surface area contributed by atoms with Gasteiger partial charge in [0.15, 0.2) is 0 Å². The predicted octanol–water partition coefficient (Wildman–Crippen LogP) is 11.0. The van der Waals surface area contributed by atoms with Gasteiger partial charge < -0.3 is 39.9 Å². The van der Waals surface area contributed by atoms with Crippen LogP contribution in [0.4, 0.5) is 0 Å². The zero-order valence-corrected chi connectivity index (χ0v) is 40.5. The van der Waals surface area contributed by atoms with Gasteiger partial charge in [0.05, 0.1) is 13.2 Å². The minimum absolute atomic E-state index is 0.0894. The molecule has 0 spiro atoms. The van der Waals surface area contributed by atoms with Crippen molar-refractivity contribution >= 4 is 13.8 Å². The topological polar surface area (TPSA) is 192 Å². The number of unbranched alkanes of at least 4 members (excludes halogenated alkanes) is 25. The number of rotatable bonds is 43. The number of aliphatic hydroxyl groups excluding tert-OH is 5. The van der Waals surface area contributed by atoms with Crippen LogP contribution in [0.1, 0.15) is 213 Å². The van der Waals surface area contributed by atoms with E-state index in [9.17, 15) is 39.8 Å². The molecule has 0 radical (unpaired) electrons. The van der Waals surface area contributed by atoms with Crippen LogP contribution < -0.4 is 0 Å². The smallest absolute Gasteiger partial charge is 0.457 e. The molecule has 370 valence electrons. The van der Waals surface area contributed by atoms with Crippen LogP contribution in [0.3, 0.4) is 0 Å². The van der Waals surface area contributed by atoms with Crippen LogP contribution in [0.15, 0.2) is 36.5 Å². The number of ether oxygens (including phenoxy) is 2. The molecule has 12 nitrogen and oxygen atoms in total. The first kappa shape index (κ1) is 59.6. The largest absolute Gasteiger partial charge is 0.472 e. The molecule has 0 amide bonds. The van der Waals surface area contributed by atoms with Crippen LogP contribution in [-0.4, -0.2) is 98.9 Å². The number of esters is 1. The van der Waals surface area contributed by atoms with E-state index in [1.165, 1.54) is 116 Å². The van der Waals surface area contributed by atoms with Gasteiger partial charge in [-0.15, -0.1) is 0 Å². The summed E-state index contributed by atoms with van der Waals surface area (Å²) in [5, 5.41) is 50.2. The van der Waals surface area contributed by atoms with Gasteiger partial charge in [-0.3, -0.25) is 13.8 Å². The van der Waals surface area contributed by atoms with Crippen LogP contribution in [0, 0.1) is 0 Å². The Morgan fingerprint density at radius 2 is 0.937 bits per heavy atom. The third-order valence-corrected chi connectivity index (χ3v) is 12.8. The second-order valence-electron chi connectivity index (χ2n) is 17.6. The van der Waals surface area contributed by atoms with E-state index < -0.39 is 63.1 Å². The second kappa shape index (κ2) is 40.8. The Bertz CT molecular complexity index is 1180. The van der Waals surface area contributed by atoms with Crippen molar-refractivity contribution in [2.45, 2.75) is 256 Å². The Labute approximate surface area is 382 Å². The molecule has 6 unspecified atom stereocenters. The number of aliphatic hydroxyl groups is 5. The molecule has 0 saturated heterocycles. The van der Waals surface area contributed by atoms with Crippen molar-refractivity contribution in [3.05, 3.63) is 36.5 Å². The average molecular weight is 917 g/mol. The highest BCUT2D eigenvalue weighted by atomic mass is 31.2. The molecule has 1 saturated carbocycles. The summed E-state index contributed by atoms with van der Waals surface area (Å²) in [5.41, 5.74) is 0. The molecule has 1 rings (SSSR count). The number of phosphoric acid groups is 1.